The Kier molecular flexibility index (Phi) is 4.07. The monoisotopic (exact) mass is 326 g/mol. The smallest absolute Gasteiger partial charge is 0.163 e. The summed E-state index contributed by atoms with van der Waals surface area (Å²) in [6.45, 7) is 0. The molecule has 0 unspecified atom stereocenters. The van der Waals surface area contributed by atoms with Crippen molar-refractivity contribution in [2.45, 2.75) is 0 Å². The number of hydrogen-bond acceptors (Lipinski definition) is 6. The van der Waals surface area contributed by atoms with Crippen molar-refractivity contribution >= 4 is 11.5 Å². The summed E-state index contributed by atoms with van der Waals surface area (Å²) in [5.74, 6) is 1.31. The summed E-state index contributed by atoms with van der Waals surface area (Å²) >= 11 is 0. The van der Waals surface area contributed by atoms with Gasteiger partial charge in [0.15, 0.2) is 5.82 Å². The first-order chi connectivity index (χ1) is 12.4. The van der Waals surface area contributed by atoms with Crippen LogP contribution in [0.1, 0.15) is 0 Å². The molecular weight excluding hydrogens is 312 g/mol. The molecule has 4 rings (SSSR count). The van der Waals surface area contributed by atoms with Crippen molar-refractivity contribution in [3.05, 3.63) is 79.6 Å². The van der Waals surface area contributed by atoms with Gasteiger partial charge in [0.05, 0.1) is 5.69 Å². The minimum Gasteiger partial charge on any atom is -0.340 e. The van der Waals surface area contributed by atoms with Crippen molar-refractivity contribution < 1.29 is 0 Å². The summed E-state index contributed by atoms with van der Waals surface area (Å²) < 4.78 is 0. The van der Waals surface area contributed by atoms with Crippen molar-refractivity contribution in [2.24, 2.45) is 0 Å². The zero-order valence-corrected chi connectivity index (χ0v) is 13.2. The third kappa shape index (κ3) is 3.48. The van der Waals surface area contributed by atoms with Gasteiger partial charge < -0.3 is 5.32 Å². The Bertz CT molecular complexity index is 901. The van der Waals surface area contributed by atoms with Gasteiger partial charge in [0.2, 0.25) is 0 Å². The predicted octanol–water partition coefficient (Wildman–Crippen LogP) is 3.74. The second kappa shape index (κ2) is 6.84. The summed E-state index contributed by atoms with van der Waals surface area (Å²) in [7, 11) is 0. The van der Waals surface area contributed by atoms with Crippen molar-refractivity contribution in [3.63, 3.8) is 0 Å². The van der Waals surface area contributed by atoms with Crippen LogP contribution in [-0.4, -0.2) is 24.9 Å². The highest BCUT2D eigenvalue weighted by Crippen LogP contribution is 2.25. The van der Waals surface area contributed by atoms with Gasteiger partial charge in [0.1, 0.15) is 5.82 Å². The lowest BCUT2D eigenvalue weighted by atomic mass is 10.1. The third-order valence-corrected chi connectivity index (χ3v) is 3.57. The SMILES string of the molecule is c1cncc(-c2nc(Nc3ccncc3)cc(-c3ccncc3)n2)c1. The molecule has 4 aromatic heterocycles. The Morgan fingerprint density at radius 2 is 1.44 bits per heavy atom. The van der Waals surface area contributed by atoms with Gasteiger partial charge in [0, 0.05) is 60.1 Å². The molecule has 0 aromatic carbocycles. The summed E-state index contributed by atoms with van der Waals surface area (Å²) in [6.07, 6.45) is 10.4. The van der Waals surface area contributed by atoms with Crippen LogP contribution in [0.15, 0.2) is 79.6 Å². The molecule has 0 amide bonds. The first kappa shape index (κ1) is 14.9. The molecule has 0 aliphatic carbocycles. The summed E-state index contributed by atoms with van der Waals surface area (Å²) in [4.78, 5) is 21.6. The fourth-order valence-corrected chi connectivity index (χ4v) is 2.39. The maximum Gasteiger partial charge on any atom is 0.163 e. The molecule has 120 valence electrons. The first-order valence-corrected chi connectivity index (χ1v) is 7.75. The van der Waals surface area contributed by atoms with E-state index in [1.54, 1.807) is 37.2 Å². The Balaban J connectivity index is 1.80. The van der Waals surface area contributed by atoms with Crippen LogP contribution in [0, 0.1) is 0 Å². The maximum absolute atomic E-state index is 4.68. The van der Waals surface area contributed by atoms with E-state index in [0.717, 1.165) is 22.5 Å². The van der Waals surface area contributed by atoms with Crippen LogP contribution in [-0.2, 0) is 0 Å². The van der Waals surface area contributed by atoms with E-state index in [0.29, 0.717) is 11.6 Å². The fourth-order valence-electron chi connectivity index (χ4n) is 2.39. The molecule has 0 saturated heterocycles. The largest absolute Gasteiger partial charge is 0.340 e. The van der Waals surface area contributed by atoms with Crippen LogP contribution >= 0.6 is 0 Å². The molecule has 1 N–H and O–H groups in total. The number of rotatable bonds is 4. The van der Waals surface area contributed by atoms with E-state index >= 15 is 0 Å². The van der Waals surface area contributed by atoms with Gasteiger partial charge in [-0.2, -0.15) is 0 Å². The molecule has 6 heteroatoms. The van der Waals surface area contributed by atoms with E-state index in [-0.39, 0.29) is 0 Å². The first-order valence-electron chi connectivity index (χ1n) is 7.75. The third-order valence-electron chi connectivity index (χ3n) is 3.57. The van der Waals surface area contributed by atoms with Crippen LogP contribution in [0.2, 0.25) is 0 Å². The number of hydrogen-bond donors (Lipinski definition) is 1. The van der Waals surface area contributed by atoms with Gasteiger partial charge in [-0.15, -0.1) is 0 Å². The van der Waals surface area contributed by atoms with E-state index in [9.17, 15) is 0 Å². The molecule has 0 radical (unpaired) electrons. The number of nitrogens with zero attached hydrogens (tertiary/aromatic N) is 5. The number of pyridine rings is 3. The molecule has 0 aliphatic heterocycles. The Labute approximate surface area is 144 Å². The second-order valence-corrected chi connectivity index (χ2v) is 5.30. The van der Waals surface area contributed by atoms with Gasteiger partial charge in [0.25, 0.3) is 0 Å². The lowest BCUT2D eigenvalue weighted by Gasteiger charge is -2.10. The van der Waals surface area contributed by atoms with Crippen LogP contribution < -0.4 is 5.32 Å². The van der Waals surface area contributed by atoms with Crippen molar-refractivity contribution in [3.8, 4) is 22.6 Å². The molecular formula is C19H14N6. The topological polar surface area (TPSA) is 76.5 Å². The van der Waals surface area contributed by atoms with E-state index < -0.39 is 0 Å². The Morgan fingerprint density at radius 1 is 0.680 bits per heavy atom. The standard InChI is InChI=1S/C19H14N6/c1-2-15(13-22-7-1)19-24-17(14-3-8-20-9-4-14)12-18(25-19)23-16-5-10-21-11-6-16/h1-13H,(H,21,23,24,25). The Morgan fingerprint density at radius 3 is 2.16 bits per heavy atom. The number of anilines is 2. The highest BCUT2D eigenvalue weighted by atomic mass is 15.0. The highest BCUT2D eigenvalue weighted by Gasteiger charge is 2.09. The lowest BCUT2D eigenvalue weighted by Crippen LogP contribution is -1.99. The van der Waals surface area contributed by atoms with Crippen LogP contribution in [0.4, 0.5) is 11.5 Å². The molecule has 0 fully saturated rings. The van der Waals surface area contributed by atoms with Crippen LogP contribution in [0.5, 0.6) is 0 Å². The second-order valence-electron chi connectivity index (χ2n) is 5.30. The van der Waals surface area contributed by atoms with Crippen molar-refractivity contribution in [2.75, 3.05) is 5.32 Å². The molecule has 0 spiro atoms. The van der Waals surface area contributed by atoms with Crippen LogP contribution in [0.25, 0.3) is 22.6 Å². The van der Waals surface area contributed by atoms with E-state index in [1.165, 1.54) is 0 Å². The zero-order valence-electron chi connectivity index (χ0n) is 13.2. The van der Waals surface area contributed by atoms with Gasteiger partial charge in [-0.05, 0) is 36.4 Å². The fraction of sp³-hybridized carbons (Fsp3) is 0. The zero-order chi connectivity index (χ0) is 16.9. The van der Waals surface area contributed by atoms with Crippen molar-refractivity contribution in [1.82, 2.24) is 24.9 Å². The molecule has 6 nitrogen and oxygen atoms in total. The van der Waals surface area contributed by atoms with Gasteiger partial charge >= 0.3 is 0 Å². The molecule has 0 bridgehead atoms. The predicted molar refractivity (Wildman–Crippen MR) is 96.0 cm³/mol. The molecule has 25 heavy (non-hydrogen) atoms. The highest BCUT2D eigenvalue weighted by molar-refractivity contribution is 5.69. The molecule has 4 aromatic rings. The molecule has 0 aliphatic rings. The summed E-state index contributed by atoms with van der Waals surface area (Å²) in [5, 5.41) is 3.30. The molecule has 0 saturated carbocycles. The van der Waals surface area contributed by atoms with Gasteiger partial charge in [-0.25, -0.2) is 9.97 Å². The van der Waals surface area contributed by atoms with Crippen LogP contribution in [0.3, 0.4) is 0 Å². The van der Waals surface area contributed by atoms with E-state index in [4.69, 9.17) is 0 Å². The maximum atomic E-state index is 4.68. The quantitative estimate of drug-likeness (QED) is 0.615. The average Bonchev–Trinajstić information content (AvgIpc) is 2.70. The Hall–Kier alpha value is -3.67. The molecule has 0 atom stereocenters. The van der Waals surface area contributed by atoms with Crippen molar-refractivity contribution in [1.29, 1.82) is 0 Å². The van der Waals surface area contributed by atoms with E-state index in [1.807, 2.05) is 42.5 Å². The average molecular weight is 326 g/mol. The normalized spacial score (nSPS) is 10.4. The lowest BCUT2D eigenvalue weighted by molar-refractivity contribution is 1.16. The van der Waals surface area contributed by atoms with Gasteiger partial charge in [-0.1, -0.05) is 0 Å². The minimum absolute atomic E-state index is 0.610. The number of aromatic nitrogens is 5. The van der Waals surface area contributed by atoms with E-state index in [2.05, 4.69) is 30.2 Å². The summed E-state index contributed by atoms with van der Waals surface area (Å²) in [5.41, 5.74) is 3.55. The molecule has 4 heterocycles. The minimum atomic E-state index is 0.610. The van der Waals surface area contributed by atoms with Gasteiger partial charge in [-0.3, -0.25) is 15.0 Å². The number of nitrogens with one attached hydrogen (secondary N) is 1. The summed E-state index contributed by atoms with van der Waals surface area (Å²) in [6, 6.07) is 13.3.